The van der Waals surface area contributed by atoms with Crippen molar-refractivity contribution in [1.82, 2.24) is 0 Å². The van der Waals surface area contributed by atoms with Crippen LogP contribution in [-0.2, 0) is 4.79 Å². The van der Waals surface area contributed by atoms with Crippen molar-refractivity contribution < 1.29 is 4.79 Å². The summed E-state index contributed by atoms with van der Waals surface area (Å²) in [7, 11) is 0. The second kappa shape index (κ2) is 7.81. The van der Waals surface area contributed by atoms with Crippen molar-refractivity contribution in [2.24, 2.45) is 11.8 Å². The van der Waals surface area contributed by atoms with Crippen LogP contribution in [0.15, 0.2) is 12.7 Å². The molecule has 1 fully saturated rings. The van der Waals surface area contributed by atoms with Gasteiger partial charge in [0.15, 0.2) is 0 Å². The molecule has 0 amide bonds. The second-order valence-electron chi connectivity index (χ2n) is 4.03. The maximum absolute atomic E-state index is 9.83. The van der Waals surface area contributed by atoms with Crippen molar-refractivity contribution >= 4 is 51.6 Å². The SMILES string of the molecule is C=CC1CCC(C)CC1.O=C(Cl)C(Cl)(Cl)Cl. The first kappa shape index (κ1) is 16.6. The number of hydrogen-bond donors (Lipinski definition) is 0. The summed E-state index contributed by atoms with van der Waals surface area (Å²) in [4.78, 5) is 9.83. The highest BCUT2D eigenvalue weighted by Crippen LogP contribution is 2.28. The van der Waals surface area contributed by atoms with Gasteiger partial charge in [0.05, 0.1) is 0 Å². The van der Waals surface area contributed by atoms with E-state index in [1.54, 1.807) is 0 Å². The summed E-state index contributed by atoms with van der Waals surface area (Å²) in [6.45, 7) is 6.16. The van der Waals surface area contributed by atoms with Crippen molar-refractivity contribution in [2.75, 3.05) is 0 Å². The van der Waals surface area contributed by atoms with Crippen LogP contribution >= 0.6 is 46.4 Å². The van der Waals surface area contributed by atoms with E-state index in [2.05, 4.69) is 19.6 Å². The van der Waals surface area contributed by atoms with Crippen molar-refractivity contribution in [1.29, 1.82) is 0 Å². The summed E-state index contributed by atoms with van der Waals surface area (Å²) >= 11 is 19.5. The molecule has 0 heterocycles. The Bertz CT molecular complexity index is 227. The molecule has 1 rings (SSSR count). The Morgan fingerprint density at radius 1 is 1.25 bits per heavy atom. The van der Waals surface area contributed by atoms with Crippen LogP contribution in [0.25, 0.3) is 0 Å². The van der Waals surface area contributed by atoms with Crippen molar-refractivity contribution in [3.63, 3.8) is 0 Å². The number of carbonyl (C=O) groups excluding carboxylic acids is 1. The minimum Gasteiger partial charge on any atom is -0.276 e. The first-order valence-corrected chi connectivity index (χ1v) is 6.67. The zero-order valence-electron chi connectivity index (χ0n) is 9.19. The Labute approximate surface area is 117 Å². The fourth-order valence-electron chi connectivity index (χ4n) is 1.52. The molecule has 0 N–H and O–H groups in total. The van der Waals surface area contributed by atoms with Gasteiger partial charge in [-0.1, -0.05) is 60.6 Å². The van der Waals surface area contributed by atoms with Gasteiger partial charge >= 0.3 is 0 Å². The molecule has 1 aliphatic rings. The first-order valence-electron chi connectivity index (χ1n) is 5.16. The van der Waals surface area contributed by atoms with Gasteiger partial charge in [-0.15, -0.1) is 6.58 Å². The second-order valence-corrected chi connectivity index (χ2v) is 6.65. The summed E-state index contributed by atoms with van der Waals surface area (Å²) < 4.78 is -1.96. The third kappa shape index (κ3) is 7.78. The highest BCUT2D eigenvalue weighted by atomic mass is 35.6. The summed E-state index contributed by atoms with van der Waals surface area (Å²) in [5.74, 6) is 1.81. The van der Waals surface area contributed by atoms with Crippen LogP contribution in [0.4, 0.5) is 0 Å². The Hall–Kier alpha value is 0.570. The molecule has 5 heteroatoms. The molecule has 0 atom stereocenters. The Morgan fingerprint density at radius 2 is 1.62 bits per heavy atom. The zero-order chi connectivity index (χ0) is 12.8. The van der Waals surface area contributed by atoms with Gasteiger partial charge in [-0.2, -0.15) is 0 Å². The fraction of sp³-hybridized carbons (Fsp3) is 0.727. The third-order valence-electron chi connectivity index (χ3n) is 2.62. The lowest BCUT2D eigenvalue weighted by Gasteiger charge is -2.23. The molecular formula is C11H16Cl4O. The average Bonchev–Trinajstić information content (AvgIpc) is 2.18. The summed E-state index contributed by atoms with van der Waals surface area (Å²) in [5, 5.41) is -0.988. The van der Waals surface area contributed by atoms with E-state index in [0.717, 1.165) is 11.8 Å². The topological polar surface area (TPSA) is 17.1 Å². The number of allylic oxidation sites excluding steroid dienone is 1. The average molecular weight is 306 g/mol. The summed E-state index contributed by atoms with van der Waals surface area (Å²) in [5.41, 5.74) is 0. The van der Waals surface area contributed by atoms with Crippen LogP contribution in [0.2, 0.25) is 0 Å². The normalized spacial score (nSPS) is 25.3. The van der Waals surface area contributed by atoms with E-state index in [1.807, 2.05) is 0 Å². The van der Waals surface area contributed by atoms with Crippen LogP contribution < -0.4 is 0 Å². The molecule has 1 saturated carbocycles. The smallest absolute Gasteiger partial charge is 0.273 e. The molecule has 0 aliphatic heterocycles. The fourth-order valence-corrected chi connectivity index (χ4v) is 1.52. The molecule has 0 aromatic carbocycles. The van der Waals surface area contributed by atoms with Crippen LogP contribution in [0.1, 0.15) is 32.6 Å². The van der Waals surface area contributed by atoms with E-state index in [-0.39, 0.29) is 0 Å². The van der Waals surface area contributed by atoms with Crippen LogP contribution in [0, 0.1) is 11.8 Å². The number of carbonyl (C=O) groups is 1. The molecule has 16 heavy (non-hydrogen) atoms. The lowest BCUT2D eigenvalue weighted by Crippen LogP contribution is -2.10. The first-order chi connectivity index (χ1) is 7.27. The van der Waals surface area contributed by atoms with Gasteiger partial charge in [0.25, 0.3) is 9.03 Å². The van der Waals surface area contributed by atoms with Gasteiger partial charge < -0.3 is 0 Å². The van der Waals surface area contributed by atoms with E-state index < -0.39 is 9.03 Å². The Balaban J connectivity index is 0.000000293. The van der Waals surface area contributed by atoms with Crippen LogP contribution in [0.3, 0.4) is 0 Å². The molecule has 0 unspecified atom stereocenters. The van der Waals surface area contributed by atoms with Crippen molar-refractivity contribution in [3.8, 4) is 0 Å². The minimum atomic E-state index is -1.96. The van der Waals surface area contributed by atoms with E-state index >= 15 is 0 Å². The zero-order valence-corrected chi connectivity index (χ0v) is 12.2. The molecule has 0 saturated heterocycles. The number of halogens is 4. The maximum atomic E-state index is 9.83. The lowest BCUT2D eigenvalue weighted by molar-refractivity contribution is -0.110. The quantitative estimate of drug-likeness (QED) is 0.373. The molecule has 1 nitrogen and oxygen atoms in total. The molecule has 1 aliphatic carbocycles. The Morgan fingerprint density at radius 3 is 1.88 bits per heavy atom. The predicted molar refractivity (Wildman–Crippen MR) is 72.5 cm³/mol. The number of rotatable bonds is 1. The summed E-state index contributed by atoms with van der Waals surface area (Å²) in [6.07, 6.45) is 7.70. The Kier molecular flexibility index (Phi) is 8.09. The monoisotopic (exact) mass is 304 g/mol. The molecule has 0 bridgehead atoms. The highest BCUT2D eigenvalue weighted by molar-refractivity contribution is 6.88. The van der Waals surface area contributed by atoms with Gasteiger partial charge in [0.1, 0.15) is 0 Å². The standard InChI is InChI=1S/C9H16.C2Cl4O/c1-3-9-6-4-8(2)5-7-9;3-1(7)2(4,5)6/h3,8-9H,1,4-7H2,2H3;. The van der Waals surface area contributed by atoms with Gasteiger partial charge in [-0.3, -0.25) is 4.79 Å². The van der Waals surface area contributed by atoms with E-state index in [4.69, 9.17) is 46.4 Å². The van der Waals surface area contributed by atoms with Gasteiger partial charge in [0, 0.05) is 0 Å². The third-order valence-corrected chi connectivity index (χ3v) is 3.71. The van der Waals surface area contributed by atoms with Gasteiger partial charge in [-0.25, -0.2) is 0 Å². The lowest BCUT2D eigenvalue weighted by atomic mass is 9.83. The van der Waals surface area contributed by atoms with Crippen LogP contribution in [0.5, 0.6) is 0 Å². The molecular weight excluding hydrogens is 290 g/mol. The van der Waals surface area contributed by atoms with Crippen molar-refractivity contribution in [2.45, 2.75) is 36.4 Å². The predicted octanol–water partition coefficient (Wildman–Crippen LogP) is 5.12. The molecule has 0 aromatic rings. The van der Waals surface area contributed by atoms with E-state index in [1.165, 1.54) is 25.7 Å². The van der Waals surface area contributed by atoms with Crippen molar-refractivity contribution in [3.05, 3.63) is 12.7 Å². The highest BCUT2D eigenvalue weighted by Gasteiger charge is 2.28. The number of hydrogen-bond acceptors (Lipinski definition) is 1. The number of alkyl halides is 3. The van der Waals surface area contributed by atoms with E-state index in [0.29, 0.717) is 0 Å². The molecule has 0 aromatic heterocycles. The van der Waals surface area contributed by atoms with Gasteiger partial charge in [0.2, 0.25) is 0 Å². The van der Waals surface area contributed by atoms with Gasteiger partial charge in [-0.05, 0) is 36.3 Å². The molecule has 0 spiro atoms. The largest absolute Gasteiger partial charge is 0.276 e. The maximum Gasteiger partial charge on any atom is 0.273 e. The molecule has 0 radical (unpaired) electrons. The summed E-state index contributed by atoms with van der Waals surface area (Å²) in [6, 6.07) is 0. The minimum absolute atomic E-state index is 0.834. The molecule has 94 valence electrons. The van der Waals surface area contributed by atoms with E-state index in [9.17, 15) is 4.79 Å². The van der Waals surface area contributed by atoms with Crippen LogP contribution in [-0.4, -0.2) is 9.03 Å².